The van der Waals surface area contributed by atoms with E-state index < -0.39 is 0 Å². The van der Waals surface area contributed by atoms with Gasteiger partial charge in [-0.15, -0.1) is 0 Å². The number of pyridine rings is 1. The molecular weight excluding hydrogens is 282 g/mol. The van der Waals surface area contributed by atoms with Crippen molar-refractivity contribution in [1.82, 2.24) is 9.38 Å². The fraction of sp³-hybridized carbons (Fsp3) is 0.333. The molecule has 0 spiro atoms. The topological polar surface area (TPSA) is 37.6 Å². The summed E-state index contributed by atoms with van der Waals surface area (Å²) in [6, 6.07) is 3.84. The van der Waals surface area contributed by atoms with Crippen LogP contribution < -0.4 is 4.90 Å². The first-order chi connectivity index (χ1) is 8.29. The zero-order valence-corrected chi connectivity index (χ0v) is 10.9. The number of carbonyl (C=O) groups is 1. The Balaban J connectivity index is 2.19. The number of fused-ring (bicyclic) bond motifs is 1. The molecule has 17 heavy (non-hydrogen) atoms. The van der Waals surface area contributed by atoms with Crippen LogP contribution in [0, 0.1) is 0 Å². The molecule has 0 unspecified atom stereocenters. The molecular formula is C12H12BrN3O. The van der Waals surface area contributed by atoms with Crippen molar-refractivity contribution in [2.45, 2.75) is 12.8 Å². The van der Waals surface area contributed by atoms with E-state index in [1.807, 2.05) is 22.7 Å². The van der Waals surface area contributed by atoms with Crippen LogP contribution >= 0.6 is 15.9 Å². The third kappa shape index (κ3) is 1.74. The Morgan fingerprint density at radius 2 is 2.12 bits per heavy atom. The normalized spacial score (nSPS) is 15.7. The summed E-state index contributed by atoms with van der Waals surface area (Å²) in [5, 5.41) is 0. The van der Waals surface area contributed by atoms with E-state index in [1.165, 1.54) is 12.8 Å². The molecule has 2 aromatic heterocycles. The SMILES string of the molecule is O=Cc1c(N2CCCC2)nc2cc(Br)ccn12. The van der Waals surface area contributed by atoms with Gasteiger partial charge < -0.3 is 4.90 Å². The smallest absolute Gasteiger partial charge is 0.170 e. The maximum atomic E-state index is 11.2. The molecule has 1 saturated heterocycles. The average Bonchev–Trinajstić information content (AvgIpc) is 2.94. The summed E-state index contributed by atoms with van der Waals surface area (Å²) in [7, 11) is 0. The van der Waals surface area contributed by atoms with Gasteiger partial charge in [-0.25, -0.2) is 4.98 Å². The van der Waals surface area contributed by atoms with Gasteiger partial charge in [0.2, 0.25) is 0 Å². The molecule has 0 bridgehead atoms. The Morgan fingerprint density at radius 1 is 1.35 bits per heavy atom. The first-order valence-corrected chi connectivity index (χ1v) is 6.46. The maximum absolute atomic E-state index is 11.2. The summed E-state index contributed by atoms with van der Waals surface area (Å²) in [5.74, 6) is 0.815. The molecule has 0 atom stereocenters. The Labute approximate surface area is 107 Å². The highest BCUT2D eigenvalue weighted by Crippen LogP contribution is 2.25. The second-order valence-electron chi connectivity index (χ2n) is 4.21. The monoisotopic (exact) mass is 293 g/mol. The predicted molar refractivity (Wildman–Crippen MR) is 69.7 cm³/mol. The third-order valence-corrected chi connectivity index (χ3v) is 3.62. The Hall–Kier alpha value is -1.36. The molecule has 0 aromatic carbocycles. The Kier molecular flexibility index (Phi) is 2.63. The molecule has 0 radical (unpaired) electrons. The summed E-state index contributed by atoms with van der Waals surface area (Å²) in [5.41, 5.74) is 1.46. The van der Waals surface area contributed by atoms with Gasteiger partial charge in [-0.05, 0) is 25.0 Å². The van der Waals surface area contributed by atoms with E-state index in [0.717, 1.165) is 35.3 Å². The van der Waals surface area contributed by atoms with Gasteiger partial charge in [0.05, 0.1) is 0 Å². The average molecular weight is 294 g/mol. The van der Waals surface area contributed by atoms with Crippen LogP contribution in [0.4, 0.5) is 5.82 Å². The van der Waals surface area contributed by atoms with E-state index in [0.29, 0.717) is 5.69 Å². The summed E-state index contributed by atoms with van der Waals surface area (Å²) in [6.07, 6.45) is 5.11. The minimum atomic E-state index is 0.648. The summed E-state index contributed by atoms with van der Waals surface area (Å²) < 4.78 is 2.81. The summed E-state index contributed by atoms with van der Waals surface area (Å²) in [4.78, 5) is 18.0. The largest absolute Gasteiger partial charge is 0.355 e. The molecule has 4 nitrogen and oxygen atoms in total. The van der Waals surface area contributed by atoms with Crippen LogP contribution in [-0.4, -0.2) is 28.8 Å². The molecule has 0 aliphatic carbocycles. The lowest BCUT2D eigenvalue weighted by Gasteiger charge is -2.14. The highest BCUT2D eigenvalue weighted by atomic mass is 79.9. The number of imidazole rings is 1. The third-order valence-electron chi connectivity index (χ3n) is 3.12. The minimum absolute atomic E-state index is 0.648. The summed E-state index contributed by atoms with van der Waals surface area (Å²) >= 11 is 3.42. The van der Waals surface area contributed by atoms with Crippen molar-refractivity contribution in [2.24, 2.45) is 0 Å². The number of anilines is 1. The van der Waals surface area contributed by atoms with Crippen molar-refractivity contribution in [3.05, 3.63) is 28.5 Å². The van der Waals surface area contributed by atoms with Crippen molar-refractivity contribution in [2.75, 3.05) is 18.0 Å². The zero-order chi connectivity index (χ0) is 11.8. The zero-order valence-electron chi connectivity index (χ0n) is 9.27. The standard InChI is InChI=1S/C12H12BrN3O/c13-9-3-6-16-10(8-17)12(14-11(16)7-9)15-4-1-2-5-15/h3,6-8H,1-2,4-5H2. The van der Waals surface area contributed by atoms with Gasteiger partial charge >= 0.3 is 0 Å². The fourth-order valence-electron chi connectivity index (χ4n) is 2.30. The van der Waals surface area contributed by atoms with Gasteiger partial charge in [0.1, 0.15) is 11.3 Å². The Morgan fingerprint density at radius 3 is 2.82 bits per heavy atom. The lowest BCUT2D eigenvalue weighted by molar-refractivity contribution is 0.111. The van der Waals surface area contributed by atoms with Crippen LogP contribution in [0.25, 0.3) is 5.65 Å². The van der Waals surface area contributed by atoms with Crippen LogP contribution in [0.15, 0.2) is 22.8 Å². The molecule has 3 rings (SSSR count). The quantitative estimate of drug-likeness (QED) is 0.799. The Bertz CT molecular complexity index is 572. The molecule has 88 valence electrons. The minimum Gasteiger partial charge on any atom is -0.355 e. The van der Waals surface area contributed by atoms with E-state index in [1.54, 1.807) is 0 Å². The van der Waals surface area contributed by atoms with Crippen LogP contribution in [-0.2, 0) is 0 Å². The van der Waals surface area contributed by atoms with E-state index in [2.05, 4.69) is 25.8 Å². The van der Waals surface area contributed by atoms with Gasteiger partial charge in [0, 0.05) is 23.8 Å². The lowest BCUT2D eigenvalue weighted by atomic mass is 10.4. The molecule has 0 amide bonds. The second kappa shape index (κ2) is 4.14. The van der Waals surface area contributed by atoms with Gasteiger partial charge in [0.25, 0.3) is 0 Å². The number of nitrogens with zero attached hydrogens (tertiary/aromatic N) is 3. The molecule has 2 aromatic rings. The van der Waals surface area contributed by atoms with Crippen molar-refractivity contribution < 1.29 is 4.79 Å². The highest BCUT2D eigenvalue weighted by Gasteiger charge is 2.20. The van der Waals surface area contributed by atoms with Crippen LogP contribution in [0.3, 0.4) is 0 Å². The molecule has 1 fully saturated rings. The number of carbonyl (C=O) groups excluding carboxylic acids is 1. The number of hydrogen-bond acceptors (Lipinski definition) is 3. The van der Waals surface area contributed by atoms with Crippen molar-refractivity contribution in [3.8, 4) is 0 Å². The van der Waals surface area contributed by atoms with E-state index >= 15 is 0 Å². The predicted octanol–water partition coefficient (Wildman–Crippen LogP) is 2.51. The maximum Gasteiger partial charge on any atom is 0.170 e. The van der Waals surface area contributed by atoms with Crippen LogP contribution in [0.5, 0.6) is 0 Å². The molecule has 5 heteroatoms. The highest BCUT2D eigenvalue weighted by molar-refractivity contribution is 9.10. The first-order valence-electron chi connectivity index (χ1n) is 5.67. The first kappa shape index (κ1) is 10.8. The molecule has 1 aliphatic rings. The number of aldehydes is 1. The van der Waals surface area contributed by atoms with E-state index in [4.69, 9.17) is 0 Å². The van der Waals surface area contributed by atoms with Crippen molar-refractivity contribution >= 4 is 33.7 Å². The second-order valence-corrected chi connectivity index (χ2v) is 5.12. The molecule has 0 N–H and O–H groups in total. The van der Waals surface area contributed by atoms with Gasteiger partial charge in [0.15, 0.2) is 12.1 Å². The number of halogens is 1. The number of hydrogen-bond donors (Lipinski definition) is 0. The number of rotatable bonds is 2. The molecule has 3 heterocycles. The van der Waals surface area contributed by atoms with Gasteiger partial charge in [-0.1, -0.05) is 15.9 Å². The van der Waals surface area contributed by atoms with Crippen LogP contribution in [0.1, 0.15) is 23.3 Å². The van der Waals surface area contributed by atoms with Crippen molar-refractivity contribution in [3.63, 3.8) is 0 Å². The van der Waals surface area contributed by atoms with Gasteiger partial charge in [-0.3, -0.25) is 9.20 Å². The lowest BCUT2D eigenvalue weighted by Crippen LogP contribution is -2.19. The van der Waals surface area contributed by atoms with E-state index in [-0.39, 0.29) is 0 Å². The number of aromatic nitrogens is 2. The van der Waals surface area contributed by atoms with Crippen LogP contribution in [0.2, 0.25) is 0 Å². The fourth-order valence-corrected chi connectivity index (χ4v) is 2.62. The van der Waals surface area contributed by atoms with Crippen molar-refractivity contribution in [1.29, 1.82) is 0 Å². The van der Waals surface area contributed by atoms with Gasteiger partial charge in [-0.2, -0.15) is 0 Å². The molecule has 0 saturated carbocycles. The van der Waals surface area contributed by atoms with E-state index in [9.17, 15) is 4.79 Å². The molecule has 1 aliphatic heterocycles. The summed E-state index contributed by atoms with van der Waals surface area (Å²) in [6.45, 7) is 1.98.